The Morgan fingerprint density at radius 2 is 1.95 bits per heavy atom. The average molecular weight is 278 g/mol. The molecule has 1 amide bonds. The average Bonchev–Trinajstić information content (AvgIpc) is 2.46. The molecule has 2 atom stereocenters. The molecule has 0 saturated heterocycles. The monoisotopic (exact) mass is 278 g/mol. The summed E-state index contributed by atoms with van der Waals surface area (Å²) in [7, 11) is 0. The van der Waals surface area contributed by atoms with Gasteiger partial charge < -0.3 is 15.8 Å². The molecule has 0 bridgehead atoms. The molecule has 1 rings (SSSR count). The first-order chi connectivity index (χ1) is 9.61. The fourth-order valence-corrected chi connectivity index (χ4v) is 1.70. The Morgan fingerprint density at radius 3 is 2.60 bits per heavy atom. The molecular formula is C16H26N2O2. The van der Waals surface area contributed by atoms with Gasteiger partial charge in [0.15, 0.2) is 0 Å². The molecule has 0 aliphatic carbocycles. The Bertz CT molecular complexity index is 379. The van der Waals surface area contributed by atoms with Crippen LogP contribution < -0.4 is 11.1 Å². The van der Waals surface area contributed by atoms with E-state index in [9.17, 15) is 4.79 Å². The van der Waals surface area contributed by atoms with Crippen molar-refractivity contribution in [3.8, 4) is 0 Å². The number of amides is 1. The number of hydrogen-bond donors (Lipinski definition) is 2. The molecule has 1 aromatic carbocycles. The summed E-state index contributed by atoms with van der Waals surface area (Å²) in [5, 5.41) is 2.90. The van der Waals surface area contributed by atoms with Gasteiger partial charge in [-0.3, -0.25) is 4.79 Å². The van der Waals surface area contributed by atoms with E-state index in [1.165, 1.54) is 5.56 Å². The molecule has 0 saturated carbocycles. The van der Waals surface area contributed by atoms with Gasteiger partial charge in [0.2, 0.25) is 5.91 Å². The second kappa shape index (κ2) is 9.50. The first kappa shape index (κ1) is 16.7. The van der Waals surface area contributed by atoms with E-state index < -0.39 is 0 Å². The molecule has 2 unspecified atom stereocenters. The molecule has 0 spiro atoms. The van der Waals surface area contributed by atoms with Crippen molar-refractivity contribution in [2.45, 2.75) is 39.3 Å². The summed E-state index contributed by atoms with van der Waals surface area (Å²) in [6, 6.07) is 10.0. The summed E-state index contributed by atoms with van der Waals surface area (Å²) in [6.45, 7) is 5.75. The molecule has 4 nitrogen and oxygen atoms in total. The van der Waals surface area contributed by atoms with Crippen molar-refractivity contribution in [1.82, 2.24) is 5.32 Å². The Morgan fingerprint density at radius 1 is 1.25 bits per heavy atom. The predicted octanol–water partition coefficient (Wildman–Crippen LogP) is 2.08. The van der Waals surface area contributed by atoms with Crippen molar-refractivity contribution in [3.63, 3.8) is 0 Å². The van der Waals surface area contributed by atoms with Crippen LogP contribution in [0.3, 0.4) is 0 Å². The minimum Gasteiger partial charge on any atom is -0.377 e. The Kier molecular flexibility index (Phi) is 7.92. The van der Waals surface area contributed by atoms with E-state index in [-0.39, 0.29) is 17.9 Å². The maximum Gasteiger partial charge on any atom is 0.224 e. The number of nitrogens with two attached hydrogens (primary N) is 1. The van der Waals surface area contributed by atoms with Crippen molar-refractivity contribution in [3.05, 3.63) is 35.9 Å². The molecule has 0 radical (unpaired) electrons. The van der Waals surface area contributed by atoms with E-state index in [0.29, 0.717) is 19.8 Å². The summed E-state index contributed by atoms with van der Waals surface area (Å²) >= 11 is 0. The number of benzene rings is 1. The van der Waals surface area contributed by atoms with Crippen LogP contribution in [0.2, 0.25) is 0 Å². The highest BCUT2D eigenvalue weighted by Gasteiger charge is 2.15. The number of carbonyl (C=O) groups is 1. The molecule has 1 aromatic rings. The molecule has 0 fully saturated rings. The molecule has 0 aliphatic rings. The number of nitrogens with one attached hydrogen (secondary N) is 1. The first-order valence-electron chi connectivity index (χ1n) is 7.26. The molecule has 0 heterocycles. The molecule has 0 aliphatic heterocycles. The summed E-state index contributed by atoms with van der Waals surface area (Å²) < 4.78 is 5.58. The van der Waals surface area contributed by atoms with Gasteiger partial charge in [-0.1, -0.05) is 37.3 Å². The topological polar surface area (TPSA) is 64.4 Å². The van der Waals surface area contributed by atoms with E-state index >= 15 is 0 Å². The van der Waals surface area contributed by atoms with Crippen LogP contribution in [0.15, 0.2) is 30.3 Å². The third-order valence-corrected chi connectivity index (χ3v) is 3.33. The fourth-order valence-electron chi connectivity index (χ4n) is 1.70. The SMILES string of the molecule is CC(N)C(C)C(=O)NCCCCOCc1ccccc1. The number of carbonyl (C=O) groups excluding carboxylic acids is 1. The van der Waals surface area contributed by atoms with Crippen LogP contribution in [0, 0.1) is 5.92 Å². The van der Waals surface area contributed by atoms with Gasteiger partial charge in [0, 0.05) is 25.1 Å². The number of hydrogen-bond acceptors (Lipinski definition) is 3. The highest BCUT2D eigenvalue weighted by molar-refractivity contribution is 5.78. The Hall–Kier alpha value is -1.39. The maximum atomic E-state index is 11.6. The highest BCUT2D eigenvalue weighted by atomic mass is 16.5. The van der Waals surface area contributed by atoms with Gasteiger partial charge in [-0.25, -0.2) is 0 Å². The van der Waals surface area contributed by atoms with Crippen LogP contribution >= 0.6 is 0 Å². The zero-order valence-corrected chi connectivity index (χ0v) is 12.5. The predicted molar refractivity (Wildman–Crippen MR) is 81.2 cm³/mol. The molecule has 0 aromatic heterocycles. The van der Waals surface area contributed by atoms with Gasteiger partial charge in [-0.05, 0) is 25.3 Å². The second-order valence-electron chi connectivity index (χ2n) is 5.18. The summed E-state index contributed by atoms with van der Waals surface area (Å²) in [6.07, 6.45) is 1.87. The lowest BCUT2D eigenvalue weighted by atomic mass is 10.0. The lowest BCUT2D eigenvalue weighted by Crippen LogP contribution is -2.38. The number of rotatable bonds is 9. The lowest BCUT2D eigenvalue weighted by molar-refractivity contribution is -0.124. The van der Waals surface area contributed by atoms with Crippen LogP contribution in [-0.4, -0.2) is 25.1 Å². The zero-order chi connectivity index (χ0) is 14.8. The quantitative estimate of drug-likeness (QED) is 0.680. The number of ether oxygens (including phenoxy) is 1. The van der Waals surface area contributed by atoms with E-state index in [2.05, 4.69) is 17.4 Å². The van der Waals surface area contributed by atoms with E-state index in [0.717, 1.165) is 12.8 Å². The minimum atomic E-state index is -0.135. The second-order valence-corrected chi connectivity index (χ2v) is 5.18. The van der Waals surface area contributed by atoms with Gasteiger partial charge in [0.05, 0.1) is 6.61 Å². The molecule has 3 N–H and O–H groups in total. The van der Waals surface area contributed by atoms with Crippen LogP contribution in [0.4, 0.5) is 0 Å². The van der Waals surface area contributed by atoms with E-state index in [1.54, 1.807) is 0 Å². The molecule has 20 heavy (non-hydrogen) atoms. The molecule has 4 heteroatoms. The zero-order valence-electron chi connectivity index (χ0n) is 12.5. The van der Waals surface area contributed by atoms with Crippen molar-refractivity contribution in [2.75, 3.05) is 13.2 Å². The molecular weight excluding hydrogens is 252 g/mol. The van der Waals surface area contributed by atoms with Crippen molar-refractivity contribution >= 4 is 5.91 Å². The third-order valence-electron chi connectivity index (χ3n) is 3.33. The maximum absolute atomic E-state index is 11.6. The first-order valence-corrected chi connectivity index (χ1v) is 7.26. The van der Waals surface area contributed by atoms with Gasteiger partial charge in [0.25, 0.3) is 0 Å². The van der Waals surface area contributed by atoms with Gasteiger partial charge in [-0.2, -0.15) is 0 Å². The minimum absolute atomic E-state index is 0.0326. The van der Waals surface area contributed by atoms with Crippen molar-refractivity contribution in [1.29, 1.82) is 0 Å². The van der Waals surface area contributed by atoms with Crippen LogP contribution in [0.1, 0.15) is 32.3 Å². The van der Waals surface area contributed by atoms with Crippen molar-refractivity contribution in [2.24, 2.45) is 11.7 Å². The van der Waals surface area contributed by atoms with Crippen LogP contribution in [0.25, 0.3) is 0 Å². The Balaban J connectivity index is 1.99. The largest absolute Gasteiger partial charge is 0.377 e. The smallest absolute Gasteiger partial charge is 0.224 e. The summed E-state index contributed by atoms with van der Waals surface area (Å²) in [5.41, 5.74) is 6.87. The number of unbranched alkanes of at least 4 members (excludes halogenated alkanes) is 1. The third kappa shape index (κ3) is 6.68. The van der Waals surface area contributed by atoms with E-state index in [1.807, 2.05) is 32.0 Å². The van der Waals surface area contributed by atoms with Gasteiger partial charge >= 0.3 is 0 Å². The van der Waals surface area contributed by atoms with Gasteiger partial charge in [0.1, 0.15) is 0 Å². The summed E-state index contributed by atoms with van der Waals surface area (Å²) in [4.78, 5) is 11.6. The van der Waals surface area contributed by atoms with Crippen molar-refractivity contribution < 1.29 is 9.53 Å². The van der Waals surface area contributed by atoms with Gasteiger partial charge in [-0.15, -0.1) is 0 Å². The molecule has 112 valence electrons. The highest BCUT2D eigenvalue weighted by Crippen LogP contribution is 2.02. The van der Waals surface area contributed by atoms with Crippen LogP contribution in [0.5, 0.6) is 0 Å². The normalized spacial score (nSPS) is 13.8. The lowest BCUT2D eigenvalue weighted by Gasteiger charge is -2.15. The van der Waals surface area contributed by atoms with E-state index in [4.69, 9.17) is 10.5 Å². The fraction of sp³-hybridized carbons (Fsp3) is 0.562. The summed E-state index contributed by atoms with van der Waals surface area (Å²) in [5.74, 6) is -0.102. The standard InChI is InChI=1S/C16H26N2O2/c1-13(14(2)17)16(19)18-10-6-7-11-20-12-15-8-4-3-5-9-15/h3-5,8-9,13-14H,6-7,10-12,17H2,1-2H3,(H,18,19). The van der Waals surface area contributed by atoms with Crippen LogP contribution in [-0.2, 0) is 16.1 Å². The Labute approximate surface area is 121 Å².